The second kappa shape index (κ2) is 4.78. The fraction of sp³-hybridized carbons (Fsp3) is 0.308. The summed E-state index contributed by atoms with van der Waals surface area (Å²) >= 11 is 0. The van der Waals surface area contributed by atoms with Gasteiger partial charge in [0.2, 0.25) is 0 Å². The van der Waals surface area contributed by atoms with Crippen LogP contribution in [0.4, 0.5) is 4.39 Å². The van der Waals surface area contributed by atoms with Crippen molar-refractivity contribution in [1.29, 1.82) is 0 Å². The molecule has 1 aromatic carbocycles. The van der Waals surface area contributed by atoms with Crippen LogP contribution in [0.25, 0.3) is 10.9 Å². The number of aromatic amines is 1. The zero-order valence-corrected chi connectivity index (χ0v) is 10.0. The van der Waals surface area contributed by atoms with Crippen molar-refractivity contribution in [3.05, 3.63) is 35.3 Å². The minimum absolute atomic E-state index is 0.0376. The highest BCUT2D eigenvalue weighted by atomic mass is 19.1. The summed E-state index contributed by atoms with van der Waals surface area (Å²) in [7, 11) is 0. The second-order valence-electron chi connectivity index (χ2n) is 4.37. The molecule has 0 aliphatic heterocycles. The first-order valence-electron chi connectivity index (χ1n) is 5.73. The van der Waals surface area contributed by atoms with Gasteiger partial charge in [-0.15, -0.1) is 0 Å². The number of H-pyrrole nitrogens is 1. The number of carboxylic acid groups (broad SMARTS) is 1. The second-order valence-corrected chi connectivity index (χ2v) is 4.37. The third-order valence-corrected chi connectivity index (χ3v) is 3.17. The summed E-state index contributed by atoms with van der Waals surface area (Å²) in [5.74, 6) is -1.99. The fourth-order valence-corrected chi connectivity index (χ4v) is 2.17. The van der Waals surface area contributed by atoms with Crippen molar-refractivity contribution in [2.75, 3.05) is 6.54 Å². The predicted molar refractivity (Wildman–Crippen MR) is 66.9 cm³/mol. The topological polar surface area (TPSA) is 79.1 Å². The maximum absolute atomic E-state index is 13.8. The van der Waals surface area contributed by atoms with Crippen molar-refractivity contribution in [2.24, 2.45) is 11.7 Å². The Labute approximate surface area is 104 Å². The summed E-state index contributed by atoms with van der Waals surface area (Å²) in [6, 6.07) is 4.76. The first kappa shape index (κ1) is 12.6. The van der Waals surface area contributed by atoms with Crippen molar-refractivity contribution in [2.45, 2.75) is 13.3 Å². The number of halogens is 1. The molecule has 2 aromatic rings. The van der Waals surface area contributed by atoms with Crippen molar-refractivity contribution >= 4 is 16.9 Å². The molecule has 2 rings (SSSR count). The molecule has 0 spiro atoms. The van der Waals surface area contributed by atoms with E-state index in [4.69, 9.17) is 10.8 Å². The van der Waals surface area contributed by atoms with E-state index in [1.807, 2.05) is 6.92 Å². The molecular weight excluding hydrogens is 235 g/mol. The van der Waals surface area contributed by atoms with E-state index in [0.29, 0.717) is 16.5 Å². The lowest BCUT2D eigenvalue weighted by Gasteiger charge is -2.09. The summed E-state index contributed by atoms with van der Waals surface area (Å²) in [6.45, 7) is 1.85. The van der Waals surface area contributed by atoms with Gasteiger partial charge in [-0.05, 0) is 31.0 Å². The minimum atomic E-state index is -0.956. The van der Waals surface area contributed by atoms with Gasteiger partial charge in [-0.25, -0.2) is 4.39 Å². The van der Waals surface area contributed by atoms with E-state index in [2.05, 4.69) is 4.98 Å². The first-order valence-corrected chi connectivity index (χ1v) is 5.73. The molecule has 0 radical (unpaired) electrons. The average molecular weight is 250 g/mol. The van der Waals surface area contributed by atoms with Crippen LogP contribution in [0.5, 0.6) is 0 Å². The Kier molecular flexibility index (Phi) is 3.34. The van der Waals surface area contributed by atoms with Crippen LogP contribution in [-0.4, -0.2) is 22.6 Å². The van der Waals surface area contributed by atoms with Crippen molar-refractivity contribution in [1.82, 2.24) is 4.98 Å². The number of nitrogens with two attached hydrogens (primary N) is 1. The van der Waals surface area contributed by atoms with Gasteiger partial charge in [-0.1, -0.05) is 6.07 Å². The minimum Gasteiger partial charge on any atom is -0.481 e. The van der Waals surface area contributed by atoms with Crippen LogP contribution in [0.1, 0.15) is 11.3 Å². The first-order chi connectivity index (χ1) is 8.54. The highest BCUT2D eigenvalue weighted by Crippen LogP contribution is 2.27. The number of aromatic nitrogens is 1. The third kappa shape index (κ3) is 2.09. The Bertz CT molecular complexity index is 592. The Hall–Kier alpha value is -1.88. The maximum Gasteiger partial charge on any atom is 0.308 e. The molecule has 96 valence electrons. The van der Waals surface area contributed by atoms with Crippen molar-refractivity contribution in [3.63, 3.8) is 0 Å². The molecule has 18 heavy (non-hydrogen) atoms. The molecule has 5 heteroatoms. The molecule has 4 N–H and O–H groups in total. The largest absolute Gasteiger partial charge is 0.481 e. The third-order valence-electron chi connectivity index (χ3n) is 3.17. The van der Waals surface area contributed by atoms with Crippen molar-refractivity contribution < 1.29 is 14.3 Å². The van der Waals surface area contributed by atoms with Gasteiger partial charge < -0.3 is 15.8 Å². The molecule has 1 unspecified atom stereocenters. The molecule has 0 fully saturated rings. The van der Waals surface area contributed by atoms with Gasteiger partial charge in [0, 0.05) is 23.1 Å². The van der Waals surface area contributed by atoms with E-state index in [1.165, 1.54) is 6.07 Å². The van der Waals surface area contributed by atoms with E-state index in [1.54, 1.807) is 12.1 Å². The number of nitrogens with one attached hydrogen (secondary N) is 1. The molecule has 0 saturated carbocycles. The predicted octanol–water partition coefficient (Wildman–Crippen LogP) is 1.82. The van der Waals surface area contributed by atoms with Crippen LogP contribution < -0.4 is 5.73 Å². The molecule has 4 nitrogen and oxygen atoms in total. The van der Waals surface area contributed by atoms with E-state index in [-0.39, 0.29) is 18.8 Å². The lowest BCUT2D eigenvalue weighted by Crippen LogP contribution is -2.25. The summed E-state index contributed by atoms with van der Waals surface area (Å²) < 4.78 is 13.8. The van der Waals surface area contributed by atoms with Gasteiger partial charge in [-0.3, -0.25) is 4.79 Å². The Balaban J connectivity index is 2.50. The van der Waals surface area contributed by atoms with Crippen LogP contribution in [0.3, 0.4) is 0 Å². The molecular formula is C13H15FN2O2. The number of fused-ring (bicyclic) bond motifs is 1. The number of carboxylic acids is 1. The lowest BCUT2D eigenvalue weighted by atomic mass is 9.97. The number of benzene rings is 1. The van der Waals surface area contributed by atoms with Gasteiger partial charge >= 0.3 is 5.97 Å². The van der Waals surface area contributed by atoms with Crippen LogP contribution in [0.2, 0.25) is 0 Å². The van der Waals surface area contributed by atoms with E-state index in [9.17, 15) is 9.18 Å². The number of hydrogen-bond donors (Lipinski definition) is 3. The van der Waals surface area contributed by atoms with Gasteiger partial charge in [0.15, 0.2) is 0 Å². The van der Waals surface area contributed by atoms with Crippen LogP contribution in [-0.2, 0) is 11.2 Å². The summed E-state index contributed by atoms with van der Waals surface area (Å²) in [5, 5.41) is 9.49. The molecule has 1 atom stereocenters. The zero-order valence-electron chi connectivity index (χ0n) is 10.0. The zero-order chi connectivity index (χ0) is 13.3. The molecule has 0 aliphatic carbocycles. The number of hydrogen-bond acceptors (Lipinski definition) is 2. The smallest absolute Gasteiger partial charge is 0.308 e. The molecule has 0 amide bonds. The molecule has 1 heterocycles. The maximum atomic E-state index is 13.8. The fourth-order valence-electron chi connectivity index (χ4n) is 2.17. The Morgan fingerprint density at radius 1 is 1.56 bits per heavy atom. The summed E-state index contributed by atoms with van der Waals surface area (Å²) in [6.07, 6.45) is 0.235. The quantitative estimate of drug-likeness (QED) is 0.774. The van der Waals surface area contributed by atoms with Crippen LogP contribution in [0, 0.1) is 18.7 Å². The highest BCUT2D eigenvalue weighted by molar-refractivity contribution is 5.86. The van der Waals surface area contributed by atoms with Crippen LogP contribution in [0.15, 0.2) is 18.2 Å². The molecule has 1 aromatic heterocycles. The lowest BCUT2D eigenvalue weighted by molar-refractivity contribution is -0.141. The molecule has 0 aliphatic rings. The van der Waals surface area contributed by atoms with E-state index < -0.39 is 11.9 Å². The van der Waals surface area contributed by atoms with Gasteiger partial charge in [-0.2, -0.15) is 0 Å². The Morgan fingerprint density at radius 2 is 2.28 bits per heavy atom. The SMILES string of the molecule is Cc1[nH]c2cccc(F)c2c1CC(CN)C(=O)O. The van der Waals surface area contributed by atoms with Gasteiger partial charge in [0.25, 0.3) is 0 Å². The molecule has 0 bridgehead atoms. The van der Waals surface area contributed by atoms with Crippen LogP contribution >= 0.6 is 0 Å². The number of carbonyl (C=O) groups is 1. The normalized spacial score (nSPS) is 12.8. The molecule has 0 saturated heterocycles. The standard InChI is InChI=1S/C13H15FN2O2/c1-7-9(5-8(6-15)13(17)18)12-10(14)3-2-4-11(12)16-7/h2-4,8,16H,5-6,15H2,1H3,(H,17,18). The monoisotopic (exact) mass is 250 g/mol. The number of aryl methyl sites for hydroxylation is 1. The number of aliphatic carboxylic acids is 1. The van der Waals surface area contributed by atoms with Crippen molar-refractivity contribution in [3.8, 4) is 0 Å². The highest BCUT2D eigenvalue weighted by Gasteiger charge is 2.21. The Morgan fingerprint density at radius 3 is 2.89 bits per heavy atom. The number of rotatable bonds is 4. The average Bonchev–Trinajstić information content (AvgIpc) is 2.63. The summed E-state index contributed by atoms with van der Waals surface area (Å²) in [4.78, 5) is 14.1. The van der Waals surface area contributed by atoms with E-state index in [0.717, 1.165) is 5.69 Å². The van der Waals surface area contributed by atoms with Gasteiger partial charge in [0.05, 0.1) is 5.92 Å². The van der Waals surface area contributed by atoms with E-state index >= 15 is 0 Å². The summed E-state index contributed by atoms with van der Waals surface area (Å²) in [5.41, 5.74) is 7.60. The van der Waals surface area contributed by atoms with Gasteiger partial charge in [0.1, 0.15) is 5.82 Å².